The second kappa shape index (κ2) is 7.71. The second-order valence-electron chi connectivity index (χ2n) is 5.97. The molecule has 1 aliphatic heterocycles. The van der Waals surface area contributed by atoms with Crippen molar-refractivity contribution in [1.82, 2.24) is 4.98 Å². The van der Waals surface area contributed by atoms with Crippen LogP contribution in [-0.2, 0) is 16.0 Å². The lowest BCUT2D eigenvalue weighted by atomic mass is 10.2. The monoisotopic (exact) mass is 385 g/mol. The van der Waals surface area contributed by atoms with Gasteiger partial charge in [-0.2, -0.15) is 5.26 Å². The van der Waals surface area contributed by atoms with E-state index >= 15 is 0 Å². The largest absolute Gasteiger partial charge is 0.487 e. The molecule has 0 saturated carbocycles. The molecule has 0 spiro atoms. The summed E-state index contributed by atoms with van der Waals surface area (Å²) in [5.74, 6) is -2.54. The number of carboxylic acids is 2. The summed E-state index contributed by atoms with van der Waals surface area (Å²) in [5, 5.41) is 27.0. The van der Waals surface area contributed by atoms with E-state index in [0.717, 1.165) is 0 Å². The maximum absolute atomic E-state index is 12.1. The fourth-order valence-electron chi connectivity index (χ4n) is 2.80. The van der Waals surface area contributed by atoms with Crippen molar-refractivity contribution in [3.05, 3.63) is 47.3 Å². The average molecular weight is 385 g/mol. The molecule has 2 aromatic rings. The van der Waals surface area contributed by atoms with Crippen LogP contribution in [0, 0.1) is 11.3 Å². The number of H-pyrrole nitrogens is 1. The lowest BCUT2D eigenvalue weighted by Crippen LogP contribution is -2.26. The zero-order valence-electron chi connectivity index (χ0n) is 14.4. The van der Waals surface area contributed by atoms with Crippen LogP contribution in [0.3, 0.4) is 0 Å². The number of nitrogens with one attached hydrogen (secondary N) is 1. The number of aromatic carboxylic acids is 1. The average Bonchev–Trinajstić information content (AvgIpc) is 3.22. The van der Waals surface area contributed by atoms with Crippen LogP contribution in [-0.4, -0.2) is 52.5 Å². The highest BCUT2D eigenvalue weighted by Gasteiger charge is 2.33. The van der Waals surface area contributed by atoms with E-state index in [4.69, 9.17) is 19.8 Å². The summed E-state index contributed by atoms with van der Waals surface area (Å²) < 4.78 is 10.7. The van der Waals surface area contributed by atoms with Crippen LogP contribution in [0.2, 0.25) is 0 Å². The predicted molar refractivity (Wildman–Crippen MR) is 93.4 cm³/mol. The molecule has 1 aromatic heterocycles. The lowest BCUT2D eigenvalue weighted by molar-refractivity contribution is -0.136. The number of aromatic nitrogens is 1. The third-order valence-corrected chi connectivity index (χ3v) is 4.07. The SMILES string of the molecule is N#Cc1ccc(N2CC(COc3c[nH]c(CC(=O)O)c3C(=O)O)OC2=O)cc1. The summed E-state index contributed by atoms with van der Waals surface area (Å²) in [6.45, 7) is 0.0721. The van der Waals surface area contributed by atoms with Gasteiger partial charge in [-0.1, -0.05) is 0 Å². The summed E-state index contributed by atoms with van der Waals surface area (Å²) in [4.78, 5) is 38.3. The first-order chi connectivity index (χ1) is 13.4. The van der Waals surface area contributed by atoms with E-state index in [-0.39, 0.29) is 30.2 Å². The van der Waals surface area contributed by atoms with E-state index in [1.54, 1.807) is 24.3 Å². The van der Waals surface area contributed by atoms with Gasteiger partial charge in [0.15, 0.2) is 11.9 Å². The molecule has 1 saturated heterocycles. The molecule has 3 rings (SSSR count). The Morgan fingerprint density at radius 1 is 1.32 bits per heavy atom. The van der Waals surface area contributed by atoms with Gasteiger partial charge in [-0.3, -0.25) is 9.69 Å². The molecule has 2 heterocycles. The minimum Gasteiger partial charge on any atom is -0.487 e. The molecule has 1 atom stereocenters. The third-order valence-electron chi connectivity index (χ3n) is 4.07. The molecule has 1 aromatic carbocycles. The molecule has 28 heavy (non-hydrogen) atoms. The van der Waals surface area contributed by atoms with Crippen LogP contribution >= 0.6 is 0 Å². The number of nitrogens with zero attached hydrogens (tertiary/aromatic N) is 2. The number of amides is 1. The molecule has 3 N–H and O–H groups in total. The number of ether oxygens (including phenoxy) is 2. The number of hydrogen-bond acceptors (Lipinski definition) is 6. The summed E-state index contributed by atoms with van der Waals surface area (Å²) in [6.07, 6.45) is -0.466. The number of carbonyl (C=O) groups excluding carboxylic acids is 1. The molecule has 10 heteroatoms. The molecule has 144 valence electrons. The van der Waals surface area contributed by atoms with Crippen LogP contribution in [0.25, 0.3) is 0 Å². The van der Waals surface area contributed by atoms with Crippen molar-refractivity contribution in [3.63, 3.8) is 0 Å². The summed E-state index contributed by atoms with van der Waals surface area (Å²) in [5.41, 5.74) is 0.762. The summed E-state index contributed by atoms with van der Waals surface area (Å²) in [6, 6.07) is 8.39. The Bertz CT molecular complexity index is 959. The molecule has 0 aliphatic carbocycles. The number of benzene rings is 1. The van der Waals surface area contributed by atoms with Crippen LogP contribution < -0.4 is 9.64 Å². The van der Waals surface area contributed by atoms with Gasteiger partial charge in [0.1, 0.15) is 12.2 Å². The summed E-state index contributed by atoms with van der Waals surface area (Å²) >= 11 is 0. The predicted octanol–water partition coefficient (Wildman–Crippen LogP) is 1.62. The Morgan fingerprint density at radius 3 is 2.64 bits per heavy atom. The van der Waals surface area contributed by atoms with Gasteiger partial charge in [-0.15, -0.1) is 0 Å². The van der Waals surface area contributed by atoms with E-state index in [1.807, 2.05) is 6.07 Å². The number of aliphatic carboxylic acids is 1. The van der Waals surface area contributed by atoms with Crippen LogP contribution in [0.4, 0.5) is 10.5 Å². The zero-order chi connectivity index (χ0) is 20.3. The van der Waals surface area contributed by atoms with Gasteiger partial charge in [-0.05, 0) is 24.3 Å². The minimum absolute atomic E-state index is 0.0117. The minimum atomic E-state index is -1.32. The van der Waals surface area contributed by atoms with Crippen molar-refractivity contribution in [3.8, 4) is 11.8 Å². The van der Waals surface area contributed by atoms with Gasteiger partial charge in [0.25, 0.3) is 0 Å². The number of nitriles is 1. The normalized spacial score (nSPS) is 15.8. The Morgan fingerprint density at radius 2 is 2.04 bits per heavy atom. The first-order valence-corrected chi connectivity index (χ1v) is 8.15. The molecule has 0 radical (unpaired) electrons. The Balaban J connectivity index is 1.66. The standard InChI is InChI=1S/C18H15N3O7/c19-6-10-1-3-11(4-2-10)21-8-12(28-18(21)26)9-27-14-7-20-13(5-15(22)23)16(14)17(24)25/h1-4,7,12,20H,5,8-9H2,(H,22,23)(H,24,25). The second-order valence-corrected chi connectivity index (χ2v) is 5.97. The van der Waals surface area contributed by atoms with E-state index in [9.17, 15) is 19.5 Å². The first-order valence-electron chi connectivity index (χ1n) is 8.15. The number of anilines is 1. The molecule has 0 bridgehead atoms. The van der Waals surface area contributed by atoms with Gasteiger partial charge in [0, 0.05) is 17.6 Å². The zero-order valence-corrected chi connectivity index (χ0v) is 14.4. The quantitative estimate of drug-likeness (QED) is 0.650. The van der Waals surface area contributed by atoms with Gasteiger partial charge in [0.2, 0.25) is 0 Å². The van der Waals surface area contributed by atoms with Gasteiger partial charge < -0.3 is 24.7 Å². The number of carbonyl (C=O) groups is 3. The Hall–Kier alpha value is -4.00. The number of carboxylic acid groups (broad SMARTS) is 2. The highest BCUT2D eigenvalue weighted by atomic mass is 16.6. The van der Waals surface area contributed by atoms with Gasteiger partial charge in [0.05, 0.1) is 24.6 Å². The van der Waals surface area contributed by atoms with Crippen LogP contribution in [0.15, 0.2) is 30.5 Å². The van der Waals surface area contributed by atoms with Crippen molar-refractivity contribution < 1.29 is 34.1 Å². The number of cyclic esters (lactones) is 1. The molecule has 1 aliphatic rings. The van der Waals surface area contributed by atoms with E-state index in [0.29, 0.717) is 11.3 Å². The van der Waals surface area contributed by atoms with Crippen molar-refractivity contribution in [2.45, 2.75) is 12.5 Å². The number of hydrogen-bond donors (Lipinski definition) is 3. The van der Waals surface area contributed by atoms with E-state index in [2.05, 4.69) is 4.98 Å². The van der Waals surface area contributed by atoms with Gasteiger partial charge in [-0.25, -0.2) is 9.59 Å². The highest BCUT2D eigenvalue weighted by Crippen LogP contribution is 2.26. The third kappa shape index (κ3) is 3.88. The topological polar surface area (TPSA) is 153 Å². The summed E-state index contributed by atoms with van der Waals surface area (Å²) in [7, 11) is 0. The van der Waals surface area contributed by atoms with E-state index in [1.165, 1.54) is 11.1 Å². The fourth-order valence-corrected chi connectivity index (χ4v) is 2.80. The molecule has 1 fully saturated rings. The molecular formula is C18H15N3O7. The van der Waals surface area contributed by atoms with Gasteiger partial charge >= 0.3 is 18.0 Å². The fraction of sp³-hybridized carbons (Fsp3) is 0.222. The first kappa shape index (κ1) is 18.8. The smallest absolute Gasteiger partial charge is 0.414 e. The molecule has 1 amide bonds. The van der Waals surface area contributed by atoms with Crippen molar-refractivity contribution in [2.75, 3.05) is 18.1 Å². The van der Waals surface area contributed by atoms with Crippen LogP contribution in [0.1, 0.15) is 21.6 Å². The number of rotatable bonds is 7. The number of aromatic amines is 1. The van der Waals surface area contributed by atoms with E-state index < -0.39 is 30.6 Å². The molecular weight excluding hydrogens is 370 g/mol. The highest BCUT2D eigenvalue weighted by molar-refractivity contribution is 5.93. The molecule has 10 nitrogen and oxygen atoms in total. The van der Waals surface area contributed by atoms with Crippen LogP contribution in [0.5, 0.6) is 5.75 Å². The Kier molecular flexibility index (Phi) is 5.17. The Labute approximate surface area is 158 Å². The van der Waals surface area contributed by atoms with Crippen molar-refractivity contribution in [1.29, 1.82) is 5.26 Å². The maximum atomic E-state index is 12.1. The lowest BCUT2D eigenvalue weighted by Gasteiger charge is -2.13. The van der Waals surface area contributed by atoms with Crippen molar-refractivity contribution in [2.24, 2.45) is 0 Å². The van der Waals surface area contributed by atoms with Crippen molar-refractivity contribution >= 4 is 23.7 Å². The molecule has 1 unspecified atom stereocenters. The maximum Gasteiger partial charge on any atom is 0.414 e.